The number of furan rings is 1. The van der Waals surface area contributed by atoms with Crippen molar-refractivity contribution in [2.24, 2.45) is 5.10 Å². The molecule has 8 nitrogen and oxygen atoms in total. The van der Waals surface area contributed by atoms with Gasteiger partial charge < -0.3 is 19.4 Å². The van der Waals surface area contributed by atoms with Gasteiger partial charge in [0.05, 0.1) is 30.8 Å². The molecule has 0 saturated heterocycles. The number of likely N-dealkylation sites (N-methyl/N-ethyl adjacent to an activating group) is 1. The van der Waals surface area contributed by atoms with Gasteiger partial charge in [0.2, 0.25) is 0 Å². The highest BCUT2D eigenvalue weighted by Gasteiger charge is 2.37. The summed E-state index contributed by atoms with van der Waals surface area (Å²) in [5.74, 6) is 0.763. The Bertz CT molecular complexity index is 1230. The second-order valence-electron chi connectivity index (χ2n) is 8.10. The van der Waals surface area contributed by atoms with E-state index in [1.165, 1.54) is 5.01 Å². The van der Waals surface area contributed by atoms with Gasteiger partial charge in [-0.2, -0.15) is 5.10 Å². The summed E-state index contributed by atoms with van der Waals surface area (Å²) in [5.41, 5.74) is 2.43. The molecule has 0 radical (unpaired) electrons. The molecule has 5 rings (SSSR count). The topological polar surface area (TPSA) is 87.4 Å². The number of halogens is 1. The molecule has 0 saturated carbocycles. The first-order valence-electron chi connectivity index (χ1n) is 10.9. The summed E-state index contributed by atoms with van der Waals surface area (Å²) in [4.78, 5) is 27.7. The van der Waals surface area contributed by atoms with Crippen LogP contribution in [0.5, 0.6) is 5.75 Å². The molecule has 1 aromatic heterocycles. The molecule has 2 aliphatic rings. The van der Waals surface area contributed by atoms with Gasteiger partial charge in [0.1, 0.15) is 17.6 Å². The van der Waals surface area contributed by atoms with Crippen LogP contribution in [0.2, 0.25) is 5.02 Å². The number of nitrogens with one attached hydrogen (secondary N) is 1. The number of benzene rings is 2. The molecule has 0 aliphatic carbocycles. The van der Waals surface area contributed by atoms with Gasteiger partial charge in [0.15, 0.2) is 6.10 Å². The zero-order chi connectivity index (χ0) is 23.7. The summed E-state index contributed by atoms with van der Waals surface area (Å²) >= 11 is 6.04. The molecule has 0 fully saturated rings. The van der Waals surface area contributed by atoms with Crippen LogP contribution in [0.1, 0.15) is 23.8 Å². The molecule has 2 unspecified atom stereocenters. The zero-order valence-electron chi connectivity index (χ0n) is 18.5. The van der Waals surface area contributed by atoms with Crippen LogP contribution in [0.25, 0.3) is 0 Å². The maximum Gasteiger partial charge on any atom is 0.262 e. The number of hydrogen-bond acceptors (Lipinski definition) is 6. The van der Waals surface area contributed by atoms with Crippen molar-refractivity contribution in [3.63, 3.8) is 0 Å². The molecule has 2 atom stereocenters. The van der Waals surface area contributed by atoms with Gasteiger partial charge >= 0.3 is 0 Å². The van der Waals surface area contributed by atoms with Gasteiger partial charge in [0, 0.05) is 18.5 Å². The van der Waals surface area contributed by atoms with Crippen LogP contribution in [-0.2, 0) is 9.59 Å². The molecule has 2 aromatic carbocycles. The summed E-state index contributed by atoms with van der Waals surface area (Å²) in [5, 5.41) is 9.41. The Balaban J connectivity index is 1.43. The van der Waals surface area contributed by atoms with E-state index in [9.17, 15) is 9.59 Å². The average molecular weight is 479 g/mol. The first-order chi connectivity index (χ1) is 16.5. The predicted octanol–water partition coefficient (Wildman–Crippen LogP) is 3.62. The monoisotopic (exact) mass is 478 g/mol. The second kappa shape index (κ2) is 9.23. The van der Waals surface area contributed by atoms with E-state index in [0.717, 1.165) is 17.0 Å². The molecule has 2 aliphatic heterocycles. The Hall–Kier alpha value is -3.78. The standard InChI is InChI=1S/C25H23ClN4O4/c1-27-25(32)23-14-29(19-5-2-3-6-22(19)34-23)15-24(31)30-20(21-7-4-12-33-21)13-18(28-30)16-8-10-17(26)11-9-16/h2-12,20,23H,13-15H2,1H3,(H,27,32). The number of fused-ring (bicyclic) bond motifs is 1. The summed E-state index contributed by atoms with van der Waals surface area (Å²) in [6.07, 6.45) is 1.38. The summed E-state index contributed by atoms with van der Waals surface area (Å²) in [7, 11) is 1.56. The minimum atomic E-state index is -0.722. The van der Waals surface area contributed by atoms with Crippen LogP contribution in [0, 0.1) is 0 Å². The lowest BCUT2D eigenvalue weighted by Crippen LogP contribution is -2.50. The molecule has 34 heavy (non-hydrogen) atoms. The van der Waals surface area contributed by atoms with Crippen LogP contribution in [0.15, 0.2) is 76.4 Å². The highest BCUT2D eigenvalue weighted by molar-refractivity contribution is 6.30. The van der Waals surface area contributed by atoms with Gasteiger partial charge in [0.25, 0.3) is 11.8 Å². The SMILES string of the molecule is CNC(=O)C1CN(CC(=O)N2N=C(c3ccc(Cl)cc3)CC2c2ccco2)c2ccccc2O1. The predicted molar refractivity (Wildman–Crippen MR) is 128 cm³/mol. The molecular weight excluding hydrogens is 456 g/mol. The summed E-state index contributed by atoms with van der Waals surface area (Å²) in [6, 6.07) is 18.0. The number of para-hydroxylation sites is 2. The lowest BCUT2D eigenvalue weighted by Gasteiger charge is -2.35. The van der Waals surface area contributed by atoms with Crippen molar-refractivity contribution in [1.82, 2.24) is 10.3 Å². The number of carbonyl (C=O) groups excluding carboxylic acids is 2. The number of hydrogen-bond donors (Lipinski definition) is 1. The van der Waals surface area contributed by atoms with Gasteiger partial charge in [-0.3, -0.25) is 9.59 Å². The summed E-state index contributed by atoms with van der Waals surface area (Å²) < 4.78 is 11.5. The van der Waals surface area contributed by atoms with Crippen LogP contribution in [0.3, 0.4) is 0 Å². The quantitative estimate of drug-likeness (QED) is 0.605. The Morgan fingerprint density at radius 2 is 1.91 bits per heavy atom. The Kier molecular flexibility index (Phi) is 5.98. The van der Waals surface area contributed by atoms with E-state index in [1.54, 1.807) is 37.6 Å². The molecule has 3 heterocycles. The van der Waals surface area contributed by atoms with Crippen LogP contribution < -0.4 is 15.0 Å². The zero-order valence-corrected chi connectivity index (χ0v) is 19.2. The fraction of sp³-hybridized carbons (Fsp3) is 0.240. The average Bonchev–Trinajstić information content (AvgIpc) is 3.54. The third-order valence-corrected chi connectivity index (χ3v) is 6.19. The molecule has 2 amide bonds. The van der Waals surface area contributed by atoms with Crippen molar-refractivity contribution in [2.45, 2.75) is 18.6 Å². The van der Waals surface area contributed by atoms with Gasteiger partial charge in [-0.25, -0.2) is 5.01 Å². The number of rotatable bonds is 5. The van der Waals surface area contributed by atoms with Crippen LogP contribution in [-0.4, -0.2) is 48.8 Å². The molecule has 9 heteroatoms. The number of ether oxygens (including phenoxy) is 1. The van der Waals surface area contributed by atoms with Gasteiger partial charge in [-0.15, -0.1) is 0 Å². The fourth-order valence-electron chi connectivity index (χ4n) is 4.25. The molecule has 0 bridgehead atoms. The number of anilines is 1. The minimum Gasteiger partial charge on any atom is -0.477 e. The number of hydrazone groups is 1. The van der Waals surface area contributed by atoms with E-state index in [0.29, 0.717) is 23.0 Å². The van der Waals surface area contributed by atoms with Gasteiger partial charge in [-0.05, 0) is 42.0 Å². The summed E-state index contributed by atoms with van der Waals surface area (Å²) in [6.45, 7) is 0.276. The molecular formula is C25H23ClN4O4. The van der Waals surface area contributed by atoms with Crippen molar-refractivity contribution in [2.75, 3.05) is 25.0 Å². The smallest absolute Gasteiger partial charge is 0.262 e. The van der Waals surface area contributed by atoms with E-state index in [4.69, 9.17) is 20.8 Å². The second-order valence-corrected chi connectivity index (χ2v) is 8.53. The third kappa shape index (κ3) is 4.24. The highest BCUT2D eigenvalue weighted by Crippen LogP contribution is 2.36. The van der Waals surface area contributed by atoms with E-state index in [1.807, 2.05) is 41.3 Å². The van der Waals surface area contributed by atoms with E-state index in [2.05, 4.69) is 10.4 Å². The largest absolute Gasteiger partial charge is 0.477 e. The first kappa shape index (κ1) is 22.0. The van der Waals surface area contributed by atoms with Crippen molar-refractivity contribution in [3.05, 3.63) is 83.3 Å². The fourth-order valence-corrected chi connectivity index (χ4v) is 4.38. The van der Waals surface area contributed by atoms with Crippen LogP contribution in [0.4, 0.5) is 5.69 Å². The maximum absolute atomic E-state index is 13.6. The van der Waals surface area contributed by atoms with Gasteiger partial charge in [-0.1, -0.05) is 35.9 Å². The number of nitrogens with zero attached hydrogens (tertiary/aromatic N) is 3. The Morgan fingerprint density at radius 1 is 1.12 bits per heavy atom. The lowest BCUT2D eigenvalue weighted by molar-refractivity contribution is -0.132. The normalized spacial score (nSPS) is 19.3. The Morgan fingerprint density at radius 3 is 2.65 bits per heavy atom. The molecule has 0 spiro atoms. The van der Waals surface area contributed by atoms with E-state index in [-0.39, 0.29) is 30.9 Å². The van der Waals surface area contributed by atoms with E-state index < -0.39 is 6.10 Å². The highest BCUT2D eigenvalue weighted by atomic mass is 35.5. The first-order valence-corrected chi connectivity index (χ1v) is 11.3. The number of amides is 2. The number of carbonyl (C=O) groups is 2. The minimum absolute atomic E-state index is 0.0302. The van der Waals surface area contributed by atoms with Crippen molar-refractivity contribution in [1.29, 1.82) is 0 Å². The van der Waals surface area contributed by atoms with Crippen molar-refractivity contribution >= 4 is 34.8 Å². The molecule has 3 aromatic rings. The van der Waals surface area contributed by atoms with Crippen LogP contribution >= 0.6 is 11.6 Å². The lowest BCUT2D eigenvalue weighted by atomic mass is 10.0. The third-order valence-electron chi connectivity index (χ3n) is 5.94. The molecule has 174 valence electrons. The van der Waals surface area contributed by atoms with Crippen molar-refractivity contribution in [3.8, 4) is 5.75 Å². The molecule has 1 N–H and O–H groups in total. The van der Waals surface area contributed by atoms with Crippen molar-refractivity contribution < 1.29 is 18.7 Å². The van der Waals surface area contributed by atoms with E-state index >= 15 is 0 Å². The maximum atomic E-state index is 13.6. The Labute approximate surface area is 201 Å².